The number of aromatic nitrogens is 1. The molecule has 19 heavy (non-hydrogen) atoms. The molecule has 1 atom stereocenters. The van der Waals surface area contributed by atoms with Crippen LogP contribution in [-0.2, 0) is 13.2 Å². The minimum absolute atomic E-state index is 0.0538. The lowest BCUT2D eigenvalue weighted by Gasteiger charge is -2.13. The van der Waals surface area contributed by atoms with Gasteiger partial charge in [-0.05, 0) is 30.2 Å². The van der Waals surface area contributed by atoms with Crippen molar-refractivity contribution in [2.45, 2.75) is 26.1 Å². The normalized spacial score (nSPS) is 12.4. The molecule has 0 aliphatic rings. The van der Waals surface area contributed by atoms with Crippen molar-refractivity contribution in [2.24, 2.45) is 0 Å². The number of nitrogens with zero attached hydrogens (tertiary/aromatic N) is 1. The second-order valence-corrected chi connectivity index (χ2v) is 4.48. The molecule has 0 saturated heterocycles. The Kier molecular flexibility index (Phi) is 4.60. The first kappa shape index (κ1) is 13.6. The molecule has 0 aliphatic heterocycles. The number of nitrogens with one attached hydrogen (secondary N) is 1. The van der Waals surface area contributed by atoms with E-state index in [4.69, 9.17) is 5.11 Å². The van der Waals surface area contributed by atoms with Gasteiger partial charge in [-0.2, -0.15) is 0 Å². The Bertz CT molecular complexity index is 511. The number of aliphatic hydroxyl groups is 1. The number of pyridine rings is 1. The van der Waals surface area contributed by atoms with E-state index in [-0.39, 0.29) is 18.5 Å². The number of hydrogen-bond acceptors (Lipinski definition) is 3. The highest BCUT2D eigenvalue weighted by Gasteiger charge is 2.06. The number of rotatable bonds is 5. The van der Waals surface area contributed by atoms with Crippen molar-refractivity contribution in [2.75, 3.05) is 0 Å². The summed E-state index contributed by atoms with van der Waals surface area (Å²) in [6, 6.07) is 10.9. The second-order valence-electron chi connectivity index (χ2n) is 4.48. The molecular weight excluding hydrogens is 243 g/mol. The lowest BCUT2D eigenvalue weighted by Crippen LogP contribution is -2.19. The van der Waals surface area contributed by atoms with E-state index >= 15 is 0 Å². The van der Waals surface area contributed by atoms with Gasteiger partial charge in [0, 0.05) is 12.6 Å². The number of aliphatic hydroxyl groups excluding tert-OH is 1. The van der Waals surface area contributed by atoms with Crippen LogP contribution < -0.4 is 5.32 Å². The molecule has 1 aromatic heterocycles. The van der Waals surface area contributed by atoms with Gasteiger partial charge in [0.1, 0.15) is 5.82 Å². The van der Waals surface area contributed by atoms with E-state index in [0.29, 0.717) is 6.54 Å². The van der Waals surface area contributed by atoms with Gasteiger partial charge >= 0.3 is 0 Å². The molecule has 100 valence electrons. The fraction of sp³-hybridized carbons (Fsp3) is 0.267. The van der Waals surface area contributed by atoms with E-state index in [1.165, 1.54) is 12.3 Å². The maximum atomic E-state index is 12.8. The molecule has 0 radical (unpaired) electrons. The van der Waals surface area contributed by atoms with Crippen LogP contribution in [0.15, 0.2) is 42.6 Å². The molecular formula is C15H17FN2O. The monoisotopic (exact) mass is 260 g/mol. The van der Waals surface area contributed by atoms with Crippen LogP contribution in [0.5, 0.6) is 0 Å². The van der Waals surface area contributed by atoms with Crippen LogP contribution >= 0.6 is 0 Å². The summed E-state index contributed by atoms with van der Waals surface area (Å²) in [7, 11) is 0. The van der Waals surface area contributed by atoms with Crippen LogP contribution in [0.4, 0.5) is 4.39 Å². The van der Waals surface area contributed by atoms with Gasteiger partial charge in [0.2, 0.25) is 0 Å². The molecule has 0 amide bonds. The highest BCUT2D eigenvalue weighted by molar-refractivity contribution is 5.22. The number of hydrogen-bond donors (Lipinski definition) is 2. The van der Waals surface area contributed by atoms with Crippen molar-refractivity contribution in [3.05, 3.63) is 65.2 Å². The summed E-state index contributed by atoms with van der Waals surface area (Å²) in [6.07, 6.45) is 1.23. The smallest absolute Gasteiger partial charge is 0.141 e. The quantitative estimate of drug-likeness (QED) is 0.868. The predicted molar refractivity (Wildman–Crippen MR) is 71.8 cm³/mol. The maximum absolute atomic E-state index is 12.8. The predicted octanol–water partition coefficient (Wildman–Crippen LogP) is 2.56. The Hall–Kier alpha value is -1.78. The van der Waals surface area contributed by atoms with E-state index < -0.39 is 0 Å². The van der Waals surface area contributed by atoms with Gasteiger partial charge < -0.3 is 10.4 Å². The van der Waals surface area contributed by atoms with Crippen molar-refractivity contribution in [1.82, 2.24) is 10.3 Å². The molecule has 1 heterocycles. The number of halogens is 1. The third-order valence-corrected chi connectivity index (χ3v) is 3.01. The highest BCUT2D eigenvalue weighted by atomic mass is 19.1. The minimum Gasteiger partial charge on any atom is -0.392 e. The van der Waals surface area contributed by atoms with E-state index in [9.17, 15) is 4.39 Å². The lowest BCUT2D eigenvalue weighted by molar-refractivity contribution is 0.282. The molecule has 0 fully saturated rings. The Morgan fingerprint density at radius 2 is 1.84 bits per heavy atom. The summed E-state index contributed by atoms with van der Waals surface area (Å²) in [5.41, 5.74) is 2.84. The Balaban J connectivity index is 1.92. The van der Waals surface area contributed by atoms with Gasteiger partial charge in [0.05, 0.1) is 18.5 Å². The van der Waals surface area contributed by atoms with E-state index in [1.807, 2.05) is 31.2 Å². The van der Waals surface area contributed by atoms with E-state index in [2.05, 4.69) is 10.3 Å². The molecule has 0 aliphatic carbocycles. The van der Waals surface area contributed by atoms with Crippen molar-refractivity contribution in [3.8, 4) is 0 Å². The first-order valence-corrected chi connectivity index (χ1v) is 6.22. The fourth-order valence-electron chi connectivity index (χ4n) is 1.78. The van der Waals surface area contributed by atoms with Gasteiger partial charge in [-0.3, -0.25) is 4.98 Å². The molecule has 2 rings (SSSR count). The Morgan fingerprint density at radius 1 is 1.16 bits per heavy atom. The zero-order chi connectivity index (χ0) is 13.7. The standard InChI is InChI=1S/C15H17FN2O/c1-11(15-7-6-14(16)9-18-15)17-8-12-2-4-13(10-19)5-3-12/h2-7,9,11,17,19H,8,10H2,1H3. The van der Waals surface area contributed by atoms with Crippen LogP contribution in [0.3, 0.4) is 0 Å². The van der Waals surface area contributed by atoms with Gasteiger partial charge in [-0.25, -0.2) is 4.39 Å². The molecule has 3 nitrogen and oxygen atoms in total. The average molecular weight is 260 g/mol. The van der Waals surface area contributed by atoms with Gasteiger partial charge in [-0.1, -0.05) is 24.3 Å². The minimum atomic E-state index is -0.324. The summed E-state index contributed by atoms with van der Waals surface area (Å²) in [6.45, 7) is 2.75. The van der Waals surface area contributed by atoms with Crippen molar-refractivity contribution in [3.63, 3.8) is 0 Å². The lowest BCUT2D eigenvalue weighted by atomic mass is 10.1. The van der Waals surface area contributed by atoms with Crippen LogP contribution in [0, 0.1) is 5.82 Å². The summed E-state index contributed by atoms with van der Waals surface area (Å²) in [5.74, 6) is -0.324. The highest BCUT2D eigenvalue weighted by Crippen LogP contribution is 2.11. The third kappa shape index (κ3) is 3.84. The van der Waals surface area contributed by atoms with Gasteiger partial charge in [0.25, 0.3) is 0 Å². The van der Waals surface area contributed by atoms with Gasteiger partial charge in [-0.15, -0.1) is 0 Å². The maximum Gasteiger partial charge on any atom is 0.141 e. The molecule has 0 bridgehead atoms. The van der Waals surface area contributed by atoms with E-state index in [1.54, 1.807) is 6.07 Å². The summed E-state index contributed by atoms with van der Waals surface area (Å²) < 4.78 is 12.8. The molecule has 0 spiro atoms. The topological polar surface area (TPSA) is 45.1 Å². The Morgan fingerprint density at radius 3 is 2.42 bits per heavy atom. The van der Waals surface area contributed by atoms with Crippen LogP contribution in [0.1, 0.15) is 29.8 Å². The molecule has 1 unspecified atom stereocenters. The molecule has 2 N–H and O–H groups in total. The van der Waals surface area contributed by atoms with Crippen LogP contribution in [-0.4, -0.2) is 10.1 Å². The number of benzene rings is 1. The molecule has 4 heteroatoms. The molecule has 1 aromatic carbocycles. The fourth-order valence-corrected chi connectivity index (χ4v) is 1.78. The van der Waals surface area contributed by atoms with E-state index in [0.717, 1.165) is 16.8 Å². The average Bonchev–Trinajstić information content (AvgIpc) is 2.46. The summed E-state index contributed by atoms with van der Waals surface area (Å²) in [5, 5.41) is 12.3. The first-order chi connectivity index (χ1) is 9.19. The van der Waals surface area contributed by atoms with Crippen LogP contribution in [0.25, 0.3) is 0 Å². The second kappa shape index (κ2) is 6.41. The van der Waals surface area contributed by atoms with Crippen molar-refractivity contribution in [1.29, 1.82) is 0 Å². The third-order valence-electron chi connectivity index (χ3n) is 3.01. The largest absolute Gasteiger partial charge is 0.392 e. The summed E-state index contributed by atoms with van der Waals surface area (Å²) >= 11 is 0. The van der Waals surface area contributed by atoms with Gasteiger partial charge in [0.15, 0.2) is 0 Å². The zero-order valence-electron chi connectivity index (χ0n) is 10.8. The molecule has 2 aromatic rings. The van der Waals surface area contributed by atoms with Crippen molar-refractivity contribution >= 4 is 0 Å². The van der Waals surface area contributed by atoms with Crippen LogP contribution in [0.2, 0.25) is 0 Å². The zero-order valence-corrected chi connectivity index (χ0v) is 10.8. The SMILES string of the molecule is CC(NCc1ccc(CO)cc1)c1ccc(F)cn1. The first-order valence-electron chi connectivity index (χ1n) is 6.22. The Labute approximate surface area is 112 Å². The van der Waals surface area contributed by atoms with Crippen molar-refractivity contribution < 1.29 is 9.50 Å². The molecule has 0 saturated carbocycles. The summed E-state index contributed by atoms with van der Waals surface area (Å²) in [4.78, 5) is 4.05.